The number of nitrogens with zero attached hydrogens (tertiary/aromatic N) is 3. The number of carboxylic acids is 1. The number of hydrogen-bond acceptors (Lipinski definition) is 4. The second kappa shape index (κ2) is 6.76. The molecule has 1 heterocycles. The van der Waals surface area contributed by atoms with Gasteiger partial charge < -0.3 is 9.67 Å². The summed E-state index contributed by atoms with van der Waals surface area (Å²) in [5.74, 6) is 1.19. The molecule has 1 aromatic carbocycles. The van der Waals surface area contributed by atoms with Gasteiger partial charge in [-0.05, 0) is 24.6 Å². The lowest BCUT2D eigenvalue weighted by atomic mass is 10.1. The van der Waals surface area contributed by atoms with Crippen molar-refractivity contribution >= 4 is 17.7 Å². The van der Waals surface area contributed by atoms with Gasteiger partial charge in [0.15, 0.2) is 5.16 Å². The van der Waals surface area contributed by atoms with Gasteiger partial charge in [0, 0.05) is 18.2 Å². The monoisotopic (exact) mass is 305 g/mol. The molecular weight excluding hydrogens is 286 g/mol. The Morgan fingerprint density at radius 3 is 2.48 bits per heavy atom. The molecule has 0 saturated heterocycles. The van der Waals surface area contributed by atoms with Crippen LogP contribution in [0, 0.1) is 0 Å². The third-order valence-electron chi connectivity index (χ3n) is 3.15. The first kappa shape index (κ1) is 15.6. The number of carboxylic acid groups (broad SMARTS) is 1. The minimum atomic E-state index is -0.901. The summed E-state index contributed by atoms with van der Waals surface area (Å²) in [6.45, 7) is 7.15. The van der Waals surface area contributed by atoms with Crippen molar-refractivity contribution in [1.29, 1.82) is 0 Å². The van der Waals surface area contributed by atoms with E-state index in [4.69, 9.17) is 5.11 Å². The second-order valence-electron chi connectivity index (χ2n) is 5.03. The molecule has 0 aliphatic carbocycles. The van der Waals surface area contributed by atoms with Crippen LogP contribution in [0.4, 0.5) is 0 Å². The predicted molar refractivity (Wildman–Crippen MR) is 82.7 cm³/mol. The van der Waals surface area contributed by atoms with Gasteiger partial charge in [-0.3, -0.25) is 0 Å². The van der Waals surface area contributed by atoms with Gasteiger partial charge in [-0.1, -0.05) is 37.7 Å². The largest absolute Gasteiger partial charge is 0.478 e. The minimum Gasteiger partial charge on any atom is -0.478 e. The molecule has 0 fully saturated rings. The summed E-state index contributed by atoms with van der Waals surface area (Å²) in [4.78, 5) is 10.8. The van der Waals surface area contributed by atoms with Gasteiger partial charge in [0.2, 0.25) is 0 Å². The van der Waals surface area contributed by atoms with Gasteiger partial charge in [-0.15, -0.1) is 10.2 Å². The number of rotatable bonds is 6. The Kier molecular flexibility index (Phi) is 5.01. The summed E-state index contributed by atoms with van der Waals surface area (Å²) in [6, 6.07) is 6.93. The molecule has 21 heavy (non-hydrogen) atoms. The topological polar surface area (TPSA) is 68.0 Å². The van der Waals surface area contributed by atoms with Crippen LogP contribution in [0.25, 0.3) is 0 Å². The van der Waals surface area contributed by atoms with E-state index in [1.807, 2.05) is 12.1 Å². The van der Waals surface area contributed by atoms with Gasteiger partial charge in [-0.25, -0.2) is 4.79 Å². The van der Waals surface area contributed by atoms with Crippen molar-refractivity contribution in [1.82, 2.24) is 14.8 Å². The molecular formula is C15H19N3O2S. The molecule has 0 aliphatic rings. The molecule has 5 nitrogen and oxygen atoms in total. The Morgan fingerprint density at radius 1 is 1.29 bits per heavy atom. The Labute approximate surface area is 128 Å². The lowest BCUT2D eigenvalue weighted by Crippen LogP contribution is -2.04. The Morgan fingerprint density at radius 2 is 1.95 bits per heavy atom. The van der Waals surface area contributed by atoms with Crippen molar-refractivity contribution in [3.8, 4) is 0 Å². The molecule has 0 aliphatic heterocycles. The fourth-order valence-corrected chi connectivity index (χ4v) is 2.99. The molecule has 2 aromatic rings. The van der Waals surface area contributed by atoms with Gasteiger partial charge in [0.05, 0.1) is 5.56 Å². The Hall–Kier alpha value is -1.82. The number of benzene rings is 1. The van der Waals surface area contributed by atoms with Crippen LogP contribution in [0.3, 0.4) is 0 Å². The summed E-state index contributed by atoms with van der Waals surface area (Å²) in [5, 5.41) is 18.3. The van der Waals surface area contributed by atoms with E-state index in [2.05, 4.69) is 35.5 Å². The van der Waals surface area contributed by atoms with Gasteiger partial charge >= 0.3 is 5.97 Å². The van der Waals surface area contributed by atoms with Gasteiger partial charge in [0.1, 0.15) is 5.82 Å². The van der Waals surface area contributed by atoms with Crippen LogP contribution in [-0.4, -0.2) is 25.8 Å². The maximum absolute atomic E-state index is 10.8. The zero-order chi connectivity index (χ0) is 15.4. The van der Waals surface area contributed by atoms with Crippen LogP contribution >= 0.6 is 11.8 Å². The summed E-state index contributed by atoms with van der Waals surface area (Å²) in [6.07, 6.45) is 0. The highest BCUT2D eigenvalue weighted by atomic mass is 32.2. The average Bonchev–Trinajstić information content (AvgIpc) is 2.88. The molecule has 1 aromatic heterocycles. The lowest BCUT2D eigenvalue weighted by Gasteiger charge is -2.09. The van der Waals surface area contributed by atoms with Crippen LogP contribution < -0.4 is 0 Å². The molecule has 0 bridgehead atoms. The van der Waals surface area contributed by atoms with E-state index in [-0.39, 0.29) is 0 Å². The van der Waals surface area contributed by atoms with Crippen LogP contribution in [0.2, 0.25) is 0 Å². The van der Waals surface area contributed by atoms with Crippen molar-refractivity contribution in [2.75, 3.05) is 0 Å². The maximum Gasteiger partial charge on any atom is 0.335 e. The van der Waals surface area contributed by atoms with Crippen molar-refractivity contribution in [2.45, 2.75) is 44.1 Å². The molecule has 6 heteroatoms. The first-order chi connectivity index (χ1) is 10.0. The van der Waals surface area contributed by atoms with Crippen LogP contribution in [0.1, 0.15) is 48.4 Å². The molecule has 0 unspecified atom stereocenters. The first-order valence-electron chi connectivity index (χ1n) is 6.91. The fraction of sp³-hybridized carbons (Fsp3) is 0.400. The molecule has 0 radical (unpaired) electrons. The Bertz CT molecular complexity index is 620. The molecule has 1 N–H and O–H groups in total. The average molecular weight is 305 g/mol. The van der Waals surface area contributed by atoms with E-state index in [1.165, 1.54) is 0 Å². The second-order valence-corrected chi connectivity index (χ2v) is 5.97. The lowest BCUT2D eigenvalue weighted by molar-refractivity contribution is 0.0697. The quantitative estimate of drug-likeness (QED) is 0.828. The number of aromatic carboxylic acids is 1. The van der Waals surface area contributed by atoms with Crippen molar-refractivity contribution in [3.05, 3.63) is 41.2 Å². The molecule has 2 rings (SSSR count). The van der Waals surface area contributed by atoms with E-state index in [9.17, 15) is 4.79 Å². The van der Waals surface area contributed by atoms with Crippen molar-refractivity contribution in [3.63, 3.8) is 0 Å². The summed E-state index contributed by atoms with van der Waals surface area (Å²) < 4.78 is 2.13. The molecule has 0 atom stereocenters. The number of hydrogen-bond donors (Lipinski definition) is 1. The third-order valence-corrected chi connectivity index (χ3v) is 4.18. The smallest absolute Gasteiger partial charge is 0.335 e. The minimum absolute atomic E-state index is 0.308. The highest BCUT2D eigenvalue weighted by Crippen LogP contribution is 2.24. The number of thioether (sulfide) groups is 1. The standard InChI is InChI=1S/C15H19N3O2S/c1-4-18-13(10(2)3)16-17-15(18)21-9-11-5-7-12(8-6-11)14(19)20/h5-8,10H,4,9H2,1-3H3,(H,19,20). The fourth-order valence-electron chi connectivity index (χ4n) is 2.02. The summed E-state index contributed by atoms with van der Waals surface area (Å²) >= 11 is 1.62. The maximum atomic E-state index is 10.8. The van der Waals surface area contributed by atoms with E-state index in [1.54, 1.807) is 23.9 Å². The van der Waals surface area contributed by atoms with E-state index >= 15 is 0 Å². The molecule has 112 valence electrons. The van der Waals surface area contributed by atoms with Crippen LogP contribution in [-0.2, 0) is 12.3 Å². The Balaban J connectivity index is 2.07. The van der Waals surface area contributed by atoms with Crippen LogP contribution in [0.15, 0.2) is 29.4 Å². The zero-order valence-corrected chi connectivity index (χ0v) is 13.2. The third kappa shape index (κ3) is 3.64. The number of aromatic nitrogens is 3. The van der Waals surface area contributed by atoms with E-state index in [0.29, 0.717) is 11.5 Å². The number of carbonyl (C=O) groups is 1. The first-order valence-corrected chi connectivity index (χ1v) is 7.89. The van der Waals surface area contributed by atoms with E-state index < -0.39 is 5.97 Å². The SMILES string of the molecule is CCn1c(SCc2ccc(C(=O)O)cc2)nnc1C(C)C. The van der Waals surface area contributed by atoms with Crippen molar-refractivity contribution in [2.24, 2.45) is 0 Å². The van der Waals surface area contributed by atoms with E-state index in [0.717, 1.165) is 28.8 Å². The van der Waals surface area contributed by atoms with Gasteiger partial charge in [-0.2, -0.15) is 0 Å². The van der Waals surface area contributed by atoms with Crippen molar-refractivity contribution < 1.29 is 9.90 Å². The zero-order valence-electron chi connectivity index (χ0n) is 12.4. The van der Waals surface area contributed by atoms with Gasteiger partial charge in [0.25, 0.3) is 0 Å². The predicted octanol–water partition coefficient (Wildman–Crippen LogP) is 3.41. The molecule has 0 amide bonds. The summed E-state index contributed by atoms with van der Waals surface area (Å²) in [7, 11) is 0. The highest BCUT2D eigenvalue weighted by molar-refractivity contribution is 7.98. The highest BCUT2D eigenvalue weighted by Gasteiger charge is 2.14. The normalized spacial score (nSPS) is 11.0. The summed E-state index contributed by atoms with van der Waals surface area (Å²) in [5.41, 5.74) is 1.38. The molecule has 0 spiro atoms. The van der Waals surface area contributed by atoms with Crippen LogP contribution in [0.5, 0.6) is 0 Å². The molecule has 0 saturated carbocycles.